The first-order valence-corrected chi connectivity index (χ1v) is 12.5. The predicted octanol–water partition coefficient (Wildman–Crippen LogP) is 8.44. The molecule has 18 heteroatoms. The molecule has 0 radical (unpaired) electrons. The molecule has 0 bridgehead atoms. The van der Waals surface area contributed by atoms with Crippen LogP contribution in [0.25, 0.3) is 0 Å². The van der Waals surface area contributed by atoms with Gasteiger partial charge in [0.1, 0.15) is 17.3 Å². The molecule has 0 saturated heterocycles. The number of anilines is 2. The molecule has 2 amide bonds. The Labute approximate surface area is 251 Å². The number of rotatable bonds is 9. The van der Waals surface area contributed by atoms with Gasteiger partial charge in [0.25, 0.3) is 11.8 Å². The molecule has 0 aliphatic heterocycles. The Balaban J connectivity index is 2.12. The van der Waals surface area contributed by atoms with Gasteiger partial charge in [0.15, 0.2) is 11.5 Å². The topological polar surface area (TPSA) is 67.9 Å². The smallest absolute Gasteiger partial charge is 0.435 e. The first kappa shape index (κ1) is 35.2. The fraction of sp³-hybridized carbons (Fsp3) is 0.259. The Morgan fingerprint density at radius 3 is 2.07 bits per heavy atom. The average Bonchev–Trinajstić information content (AvgIpc) is 2.92. The highest BCUT2D eigenvalue weighted by Crippen LogP contribution is 2.55. The van der Waals surface area contributed by atoms with Gasteiger partial charge in [-0.25, -0.2) is 13.2 Å². The van der Waals surface area contributed by atoms with Crippen LogP contribution in [0.4, 0.5) is 59.7 Å². The molecular weight excluding hydrogens is 661 g/mol. The summed E-state index contributed by atoms with van der Waals surface area (Å²) in [5, 5.41) is 0.628. The summed E-state index contributed by atoms with van der Waals surface area (Å²) in [6, 6.07) is 5.05. The zero-order valence-corrected chi connectivity index (χ0v) is 23.3. The maximum Gasteiger partial charge on any atom is 0.435 e. The van der Waals surface area contributed by atoms with Gasteiger partial charge < -0.3 is 19.7 Å². The van der Waals surface area contributed by atoms with E-state index < -0.39 is 87.0 Å². The van der Waals surface area contributed by atoms with E-state index >= 15 is 0 Å². The number of carbonyl (C=O) groups excluding carboxylic acids is 2. The van der Waals surface area contributed by atoms with Crippen LogP contribution >= 0.6 is 11.6 Å². The molecule has 45 heavy (non-hydrogen) atoms. The van der Waals surface area contributed by atoms with Gasteiger partial charge in [0.05, 0.1) is 28.9 Å². The number of nitrogens with zero attached hydrogens (tertiary/aromatic N) is 1. The summed E-state index contributed by atoms with van der Waals surface area (Å²) in [5.41, 5.74) is -10.7. The molecule has 0 aliphatic carbocycles. The predicted molar refractivity (Wildman–Crippen MR) is 138 cm³/mol. The van der Waals surface area contributed by atoms with E-state index in [9.17, 15) is 57.9 Å². The summed E-state index contributed by atoms with van der Waals surface area (Å²) in [7, 11) is 1.02. The third-order valence-electron chi connectivity index (χ3n) is 6.14. The van der Waals surface area contributed by atoms with E-state index in [4.69, 9.17) is 16.3 Å². The van der Waals surface area contributed by atoms with Crippen molar-refractivity contribution in [2.75, 3.05) is 23.9 Å². The fourth-order valence-electron chi connectivity index (χ4n) is 4.12. The molecule has 0 spiro atoms. The lowest BCUT2D eigenvalue weighted by molar-refractivity contribution is -0.348. The quantitative estimate of drug-likeness (QED) is 0.231. The van der Waals surface area contributed by atoms with Crippen molar-refractivity contribution in [1.29, 1.82) is 0 Å². The zero-order valence-electron chi connectivity index (χ0n) is 22.5. The Kier molecular flexibility index (Phi) is 10.2. The molecule has 0 unspecified atom stereocenters. The van der Waals surface area contributed by atoms with Crippen molar-refractivity contribution >= 4 is 34.8 Å². The van der Waals surface area contributed by atoms with E-state index in [-0.39, 0.29) is 24.4 Å². The summed E-state index contributed by atoms with van der Waals surface area (Å²) in [4.78, 5) is 27.3. The van der Waals surface area contributed by atoms with E-state index in [0.717, 1.165) is 30.2 Å². The number of halogens is 12. The van der Waals surface area contributed by atoms with Crippen molar-refractivity contribution in [3.05, 3.63) is 81.9 Å². The molecule has 0 heterocycles. The summed E-state index contributed by atoms with van der Waals surface area (Å²) < 4.78 is 158. The summed E-state index contributed by atoms with van der Waals surface area (Å²) >= 11 is 5.78. The molecule has 6 nitrogen and oxygen atoms in total. The third kappa shape index (κ3) is 6.87. The maximum absolute atomic E-state index is 14.6. The van der Waals surface area contributed by atoms with E-state index in [0.29, 0.717) is 6.07 Å². The number of nitrogens with one attached hydrogen (secondary N) is 1. The SMILES string of the molecule is CCN(C(=O)c1ccc(F)cc1F)c1cccc(C(=O)Nc2c(Cl)cc(C(F)(C(F)(F)F)C(F)(F)F)cc2OC(F)F)c1OC. The standard InChI is InChI=1S/C27H18ClF11N2O4/c1-3-41(23(43)14-8-7-13(29)11-17(14)30)18-6-4-5-15(21(18)44-2)22(42)40-20-16(28)9-12(10-19(20)45-24(31)32)25(33,26(34,35)36)27(37,38)39/h4-11,24H,3H2,1-2H3,(H,40,42). The van der Waals surface area contributed by atoms with E-state index in [1.165, 1.54) is 19.1 Å². The number of benzene rings is 3. The molecule has 0 aliphatic rings. The van der Waals surface area contributed by atoms with Crippen LogP contribution in [0, 0.1) is 11.6 Å². The van der Waals surface area contributed by atoms with Gasteiger partial charge in [0.2, 0.25) is 0 Å². The van der Waals surface area contributed by atoms with Gasteiger partial charge >= 0.3 is 24.6 Å². The Morgan fingerprint density at radius 1 is 0.933 bits per heavy atom. The van der Waals surface area contributed by atoms with Crippen molar-refractivity contribution in [2.24, 2.45) is 0 Å². The van der Waals surface area contributed by atoms with E-state index in [1.807, 2.05) is 5.32 Å². The molecule has 0 saturated carbocycles. The van der Waals surface area contributed by atoms with Crippen LogP contribution in [0.15, 0.2) is 48.5 Å². The van der Waals surface area contributed by atoms with Crippen molar-refractivity contribution in [1.82, 2.24) is 0 Å². The minimum absolute atomic E-state index is 0.176. The van der Waals surface area contributed by atoms with Crippen LogP contribution in [0.2, 0.25) is 5.02 Å². The van der Waals surface area contributed by atoms with Crippen molar-refractivity contribution in [2.45, 2.75) is 31.6 Å². The van der Waals surface area contributed by atoms with Gasteiger partial charge in [0, 0.05) is 18.2 Å². The number of methoxy groups -OCH3 is 1. The number of alkyl halides is 9. The van der Waals surface area contributed by atoms with Gasteiger partial charge in [-0.05, 0) is 43.3 Å². The van der Waals surface area contributed by atoms with Crippen LogP contribution in [0.5, 0.6) is 11.5 Å². The molecule has 3 aromatic carbocycles. The minimum atomic E-state index is -6.63. The zero-order chi connectivity index (χ0) is 34.1. The highest BCUT2D eigenvalue weighted by Gasteiger charge is 2.73. The molecule has 3 aromatic rings. The normalized spacial score (nSPS) is 12.2. The van der Waals surface area contributed by atoms with Gasteiger partial charge in [-0.3, -0.25) is 9.59 Å². The Bertz CT molecular complexity index is 1580. The first-order chi connectivity index (χ1) is 20.8. The van der Waals surface area contributed by atoms with Crippen molar-refractivity contribution in [3.8, 4) is 11.5 Å². The van der Waals surface area contributed by atoms with Gasteiger partial charge in [-0.2, -0.15) is 35.1 Å². The largest absolute Gasteiger partial charge is 0.494 e. The summed E-state index contributed by atoms with van der Waals surface area (Å²) in [6.45, 7) is -2.64. The van der Waals surface area contributed by atoms with Gasteiger partial charge in [-0.1, -0.05) is 17.7 Å². The highest BCUT2D eigenvalue weighted by atomic mass is 35.5. The second-order valence-corrected chi connectivity index (χ2v) is 9.26. The van der Waals surface area contributed by atoms with Crippen molar-refractivity contribution in [3.63, 3.8) is 0 Å². The Morgan fingerprint density at radius 2 is 1.56 bits per heavy atom. The van der Waals surface area contributed by atoms with Crippen LogP contribution in [-0.2, 0) is 5.67 Å². The number of carbonyl (C=O) groups is 2. The Hall–Kier alpha value is -4.28. The summed E-state index contributed by atoms with van der Waals surface area (Å²) in [5.74, 6) is -6.51. The fourth-order valence-corrected chi connectivity index (χ4v) is 4.38. The number of hydrogen-bond donors (Lipinski definition) is 1. The molecule has 0 fully saturated rings. The lowest BCUT2D eigenvalue weighted by Gasteiger charge is -2.31. The number of hydrogen-bond acceptors (Lipinski definition) is 4. The van der Waals surface area contributed by atoms with E-state index in [1.54, 1.807) is 0 Å². The lowest BCUT2D eigenvalue weighted by Crippen LogP contribution is -2.50. The molecule has 244 valence electrons. The van der Waals surface area contributed by atoms with Crippen molar-refractivity contribution < 1.29 is 67.4 Å². The lowest BCUT2D eigenvalue weighted by atomic mass is 9.93. The monoisotopic (exact) mass is 678 g/mol. The molecular formula is C27H18ClF11N2O4. The third-order valence-corrected chi connectivity index (χ3v) is 6.44. The molecule has 0 atom stereocenters. The van der Waals surface area contributed by atoms with Crippen LogP contribution in [0.1, 0.15) is 33.2 Å². The number of ether oxygens (including phenoxy) is 2. The minimum Gasteiger partial charge on any atom is -0.494 e. The number of amides is 2. The highest BCUT2D eigenvalue weighted by molar-refractivity contribution is 6.34. The average molecular weight is 679 g/mol. The second kappa shape index (κ2) is 13.0. The molecule has 1 N–H and O–H groups in total. The van der Waals surface area contributed by atoms with Crippen LogP contribution in [0.3, 0.4) is 0 Å². The van der Waals surface area contributed by atoms with Gasteiger partial charge in [-0.15, -0.1) is 0 Å². The van der Waals surface area contributed by atoms with E-state index in [2.05, 4.69) is 4.74 Å². The second-order valence-electron chi connectivity index (χ2n) is 8.85. The maximum atomic E-state index is 14.6. The molecule has 0 aromatic heterocycles. The van der Waals surface area contributed by atoms with Crippen LogP contribution < -0.4 is 19.7 Å². The molecule has 3 rings (SSSR count). The summed E-state index contributed by atoms with van der Waals surface area (Å²) in [6.07, 6.45) is -13.3. The van der Waals surface area contributed by atoms with Crippen LogP contribution in [-0.4, -0.2) is 44.4 Å². The first-order valence-electron chi connectivity index (χ1n) is 12.1. The number of para-hydroxylation sites is 1.